The first-order chi connectivity index (χ1) is 14.8. The summed E-state index contributed by atoms with van der Waals surface area (Å²) in [4.78, 5) is 23.2. The number of ether oxygens (including phenoxy) is 1. The second-order valence-electron chi connectivity index (χ2n) is 11.7. The van der Waals surface area contributed by atoms with E-state index in [0.717, 1.165) is 32.0 Å². The average Bonchev–Trinajstić information content (AvgIpc) is 3.23. The van der Waals surface area contributed by atoms with Crippen molar-refractivity contribution in [1.82, 2.24) is 0 Å². The molecular formula is C27H39NO3. The standard InChI is InChI=1S/C27H39NO3/c1-16-23(7-4-17(14-28)15-29)31-24-13-22-20-6-5-18-12-19(30)8-10-26(18,2)21(20)9-11-27(22,3)25(16)24/h5-6,12,15-17,20-25H,4,7-11,13-14,28H2,1-3H3/t16-,17?,20-,21+,22+,23-,24+,25+,26+,27+/m1/s1. The molecule has 4 nitrogen and oxygen atoms in total. The summed E-state index contributed by atoms with van der Waals surface area (Å²) in [6.07, 6.45) is 15.5. The third-order valence-corrected chi connectivity index (χ3v) is 10.4. The van der Waals surface area contributed by atoms with E-state index in [2.05, 4.69) is 32.9 Å². The Morgan fingerprint density at radius 2 is 2.10 bits per heavy atom. The zero-order valence-corrected chi connectivity index (χ0v) is 19.4. The maximum Gasteiger partial charge on any atom is 0.156 e. The predicted molar refractivity (Wildman–Crippen MR) is 121 cm³/mol. The summed E-state index contributed by atoms with van der Waals surface area (Å²) in [7, 11) is 0. The topological polar surface area (TPSA) is 69.4 Å². The number of nitrogens with two attached hydrogens (primary N) is 1. The van der Waals surface area contributed by atoms with Crippen molar-refractivity contribution in [3.05, 3.63) is 23.8 Å². The van der Waals surface area contributed by atoms with Gasteiger partial charge in [0.25, 0.3) is 0 Å². The molecule has 31 heavy (non-hydrogen) atoms. The molecule has 4 aliphatic carbocycles. The highest BCUT2D eigenvalue weighted by atomic mass is 16.5. The largest absolute Gasteiger partial charge is 0.374 e. The van der Waals surface area contributed by atoms with Crippen LogP contribution in [0.15, 0.2) is 23.8 Å². The summed E-state index contributed by atoms with van der Waals surface area (Å²) in [6, 6.07) is 0. The van der Waals surface area contributed by atoms with Crippen LogP contribution >= 0.6 is 0 Å². The normalized spacial score (nSPS) is 49.0. The molecule has 1 heterocycles. The first kappa shape index (κ1) is 21.6. The Labute approximate surface area is 187 Å². The van der Waals surface area contributed by atoms with E-state index in [4.69, 9.17) is 10.5 Å². The zero-order chi connectivity index (χ0) is 22.0. The van der Waals surface area contributed by atoms with Gasteiger partial charge in [0.15, 0.2) is 5.78 Å². The van der Waals surface area contributed by atoms with E-state index in [0.29, 0.717) is 59.9 Å². The zero-order valence-electron chi connectivity index (χ0n) is 19.4. The van der Waals surface area contributed by atoms with Gasteiger partial charge in [-0.25, -0.2) is 0 Å². The van der Waals surface area contributed by atoms with E-state index < -0.39 is 0 Å². The monoisotopic (exact) mass is 425 g/mol. The average molecular weight is 426 g/mol. The molecule has 0 spiro atoms. The van der Waals surface area contributed by atoms with Gasteiger partial charge in [-0.05, 0) is 90.6 Å². The molecule has 0 aromatic carbocycles. The maximum absolute atomic E-state index is 12.0. The van der Waals surface area contributed by atoms with Crippen LogP contribution in [0.2, 0.25) is 0 Å². The van der Waals surface area contributed by atoms with Crippen molar-refractivity contribution in [2.45, 2.75) is 77.9 Å². The molecule has 1 unspecified atom stereocenters. The molecular weight excluding hydrogens is 386 g/mol. The molecule has 3 fully saturated rings. The Balaban J connectivity index is 1.36. The summed E-state index contributed by atoms with van der Waals surface area (Å²) < 4.78 is 6.68. The van der Waals surface area contributed by atoms with E-state index in [1.165, 1.54) is 18.4 Å². The first-order valence-corrected chi connectivity index (χ1v) is 12.6. The van der Waals surface area contributed by atoms with Crippen molar-refractivity contribution in [2.75, 3.05) is 6.54 Å². The van der Waals surface area contributed by atoms with Gasteiger partial charge in [0.1, 0.15) is 6.29 Å². The fourth-order valence-corrected chi connectivity index (χ4v) is 8.64. The second-order valence-corrected chi connectivity index (χ2v) is 11.7. The Kier molecular flexibility index (Phi) is 5.33. The van der Waals surface area contributed by atoms with E-state index >= 15 is 0 Å². The molecule has 0 aromatic rings. The number of allylic oxidation sites excluding steroid dienone is 4. The number of carbonyl (C=O) groups is 2. The summed E-state index contributed by atoms with van der Waals surface area (Å²) in [5.41, 5.74) is 7.49. The van der Waals surface area contributed by atoms with Gasteiger partial charge in [-0.2, -0.15) is 0 Å². The number of aldehydes is 1. The molecule has 4 heteroatoms. The molecule has 10 atom stereocenters. The van der Waals surface area contributed by atoms with Gasteiger partial charge in [0.05, 0.1) is 12.2 Å². The van der Waals surface area contributed by atoms with Gasteiger partial charge in [-0.15, -0.1) is 0 Å². The molecule has 5 aliphatic rings. The minimum Gasteiger partial charge on any atom is -0.374 e. The Bertz CT molecular complexity index is 817. The highest BCUT2D eigenvalue weighted by Gasteiger charge is 2.64. The number of carbonyl (C=O) groups excluding carboxylic acids is 2. The Hall–Kier alpha value is -1.26. The second kappa shape index (κ2) is 7.66. The summed E-state index contributed by atoms with van der Waals surface area (Å²) in [5.74, 6) is 3.33. The fraction of sp³-hybridized carbons (Fsp3) is 0.778. The van der Waals surface area contributed by atoms with Gasteiger partial charge >= 0.3 is 0 Å². The van der Waals surface area contributed by atoms with Crippen LogP contribution in [0.1, 0.15) is 65.7 Å². The van der Waals surface area contributed by atoms with Crippen LogP contribution in [0.4, 0.5) is 0 Å². The first-order valence-electron chi connectivity index (χ1n) is 12.6. The van der Waals surface area contributed by atoms with Crippen molar-refractivity contribution >= 4 is 12.1 Å². The summed E-state index contributed by atoms with van der Waals surface area (Å²) >= 11 is 0. The van der Waals surface area contributed by atoms with Crippen molar-refractivity contribution < 1.29 is 14.3 Å². The lowest BCUT2D eigenvalue weighted by Gasteiger charge is -2.56. The molecule has 2 saturated carbocycles. The van der Waals surface area contributed by atoms with Gasteiger partial charge in [-0.3, -0.25) is 4.79 Å². The minimum absolute atomic E-state index is 0.0345. The molecule has 5 rings (SSSR count). The lowest BCUT2D eigenvalue weighted by atomic mass is 9.48. The van der Waals surface area contributed by atoms with E-state index in [1.54, 1.807) is 0 Å². The lowest BCUT2D eigenvalue weighted by Crippen LogP contribution is -2.49. The van der Waals surface area contributed by atoms with Crippen LogP contribution in [0.25, 0.3) is 0 Å². The van der Waals surface area contributed by atoms with Crippen molar-refractivity contribution in [2.24, 2.45) is 52.1 Å². The number of hydrogen-bond acceptors (Lipinski definition) is 4. The maximum atomic E-state index is 12.0. The van der Waals surface area contributed by atoms with E-state index in [1.807, 2.05) is 6.08 Å². The summed E-state index contributed by atoms with van der Waals surface area (Å²) in [5, 5.41) is 0. The SMILES string of the molecule is C[C@H]1[C@H]2[C@H](C[C@H]3[C@@H]4C=CC5=CC(=O)CC[C@]5(C)[C@H]4CC[C@]23C)O[C@@H]1CCC(C=O)CN. The molecule has 1 aliphatic heterocycles. The van der Waals surface area contributed by atoms with Crippen molar-refractivity contribution in [3.63, 3.8) is 0 Å². The fourth-order valence-electron chi connectivity index (χ4n) is 8.64. The number of rotatable bonds is 5. The molecule has 0 bridgehead atoms. The van der Waals surface area contributed by atoms with Gasteiger partial charge in [-0.1, -0.05) is 32.9 Å². The number of fused-ring (bicyclic) bond motifs is 7. The minimum atomic E-state index is -0.0345. The molecule has 0 radical (unpaired) electrons. The van der Waals surface area contributed by atoms with Crippen molar-refractivity contribution in [1.29, 1.82) is 0 Å². The van der Waals surface area contributed by atoms with Crippen LogP contribution in [0.3, 0.4) is 0 Å². The van der Waals surface area contributed by atoms with Crippen molar-refractivity contribution in [3.8, 4) is 0 Å². The molecule has 0 amide bonds. The Morgan fingerprint density at radius 3 is 2.84 bits per heavy atom. The molecule has 1 saturated heterocycles. The highest BCUT2D eigenvalue weighted by molar-refractivity contribution is 5.92. The third-order valence-electron chi connectivity index (χ3n) is 10.4. The molecule has 0 aromatic heterocycles. The lowest BCUT2D eigenvalue weighted by molar-refractivity contribution is -0.116. The van der Waals surface area contributed by atoms with Crippen LogP contribution in [-0.2, 0) is 14.3 Å². The highest BCUT2D eigenvalue weighted by Crippen LogP contribution is 2.68. The van der Waals surface area contributed by atoms with Gasteiger partial charge in [0.2, 0.25) is 0 Å². The van der Waals surface area contributed by atoms with E-state index in [-0.39, 0.29) is 17.4 Å². The molecule has 2 N–H and O–H groups in total. The van der Waals surface area contributed by atoms with Crippen LogP contribution in [0.5, 0.6) is 0 Å². The van der Waals surface area contributed by atoms with Gasteiger partial charge < -0.3 is 15.3 Å². The smallest absolute Gasteiger partial charge is 0.156 e. The van der Waals surface area contributed by atoms with Crippen LogP contribution in [-0.4, -0.2) is 30.8 Å². The predicted octanol–water partition coefficient (Wildman–Crippen LogP) is 4.48. The number of ketones is 1. The van der Waals surface area contributed by atoms with Crippen LogP contribution in [0, 0.1) is 46.3 Å². The molecule has 170 valence electrons. The van der Waals surface area contributed by atoms with Gasteiger partial charge in [0, 0.05) is 18.9 Å². The van der Waals surface area contributed by atoms with E-state index in [9.17, 15) is 9.59 Å². The summed E-state index contributed by atoms with van der Waals surface area (Å²) in [6.45, 7) is 7.79. The third kappa shape index (κ3) is 3.15. The Morgan fingerprint density at radius 1 is 1.29 bits per heavy atom. The quantitative estimate of drug-likeness (QED) is 0.660. The van der Waals surface area contributed by atoms with Crippen LogP contribution < -0.4 is 5.73 Å². The number of hydrogen-bond donors (Lipinski definition) is 1.